The number of hydrogen-bond acceptors (Lipinski definition) is 8. The maximum absolute atomic E-state index is 14.4. The molecule has 10 nitrogen and oxygen atoms in total. The van der Waals surface area contributed by atoms with Crippen molar-refractivity contribution >= 4 is 46.1 Å². The third-order valence-corrected chi connectivity index (χ3v) is 8.86. The fraction of sp³-hybridized carbons (Fsp3) is 0.484. The number of nitrogens with one attached hydrogen (secondary N) is 1. The Balaban J connectivity index is 1.56. The predicted molar refractivity (Wildman–Crippen MR) is 171 cm³/mol. The zero-order valence-electron chi connectivity index (χ0n) is 25.1. The maximum Gasteiger partial charge on any atom is 0.260 e. The monoisotopic (exact) mass is 628 g/mol. The third kappa shape index (κ3) is 6.46. The number of methoxy groups -OCH3 is 1. The number of carbonyl (C=O) groups is 1. The van der Waals surface area contributed by atoms with Crippen molar-refractivity contribution in [1.29, 1.82) is 0 Å². The van der Waals surface area contributed by atoms with Crippen molar-refractivity contribution in [3.63, 3.8) is 0 Å². The zero-order chi connectivity index (χ0) is 30.9. The Morgan fingerprint density at radius 1 is 1.14 bits per heavy atom. The Morgan fingerprint density at radius 2 is 1.84 bits per heavy atom. The Kier molecular flexibility index (Phi) is 9.20. The molecule has 43 heavy (non-hydrogen) atoms. The van der Waals surface area contributed by atoms with Gasteiger partial charge in [-0.2, -0.15) is 4.98 Å². The van der Waals surface area contributed by atoms with E-state index in [4.69, 9.17) is 32.7 Å². The number of carbonyl (C=O) groups excluding carboxylic acids is 1. The average Bonchev–Trinajstić information content (AvgIpc) is 3.77. The van der Waals surface area contributed by atoms with E-state index < -0.39 is 0 Å². The van der Waals surface area contributed by atoms with Crippen molar-refractivity contribution in [2.75, 3.05) is 58.8 Å². The fourth-order valence-corrected chi connectivity index (χ4v) is 6.23. The van der Waals surface area contributed by atoms with Crippen LogP contribution in [0.2, 0.25) is 10.0 Å². The molecule has 3 aromatic rings. The molecule has 0 spiro atoms. The second kappa shape index (κ2) is 12.7. The van der Waals surface area contributed by atoms with Crippen LogP contribution >= 0.6 is 23.2 Å². The van der Waals surface area contributed by atoms with Crippen molar-refractivity contribution in [1.82, 2.24) is 24.3 Å². The van der Waals surface area contributed by atoms with Gasteiger partial charge in [-0.25, -0.2) is 4.98 Å². The molecule has 12 heteroatoms. The number of amides is 1. The molecular formula is C31H38Cl2N6O4. The molecule has 1 amide bonds. The van der Waals surface area contributed by atoms with Gasteiger partial charge in [-0.15, -0.1) is 0 Å². The van der Waals surface area contributed by atoms with E-state index in [0.29, 0.717) is 65.8 Å². The molecule has 1 N–H and O–H groups in total. The molecule has 2 aliphatic rings. The lowest BCUT2D eigenvalue weighted by Gasteiger charge is -2.36. The van der Waals surface area contributed by atoms with Gasteiger partial charge in [0, 0.05) is 74.9 Å². The Morgan fingerprint density at radius 3 is 2.44 bits per heavy atom. The number of rotatable bonds is 11. The van der Waals surface area contributed by atoms with E-state index in [1.807, 2.05) is 18.7 Å². The molecule has 0 bridgehead atoms. The van der Waals surface area contributed by atoms with Gasteiger partial charge >= 0.3 is 0 Å². The lowest BCUT2D eigenvalue weighted by molar-refractivity contribution is -0.127. The van der Waals surface area contributed by atoms with E-state index in [0.717, 1.165) is 32.5 Å². The van der Waals surface area contributed by atoms with Gasteiger partial charge in [0.15, 0.2) is 0 Å². The highest BCUT2D eigenvalue weighted by atomic mass is 35.5. The number of pyridine rings is 1. The lowest BCUT2D eigenvalue weighted by atomic mass is 10.0. The molecule has 2 aromatic heterocycles. The predicted octanol–water partition coefficient (Wildman–Crippen LogP) is 4.96. The molecule has 1 aliphatic carbocycles. The summed E-state index contributed by atoms with van der Waals surface area (Å²) in [5.41, 5.74) is 0.856. The first-order chi connectivity index (χ1) is 20.6. The molecule has 1 aromatic carbocycles. The molecule has 230 valence electrons. The van der Waals surface area contributed by atoms with Crippen LogP contribution in [0.15, 0.2) is 35.8 Å². The number of ether oxygens (including phenoxy) is 2. The Labute approximate surface area is 261 Å². The zero-order valence-corrected chi connectivity index (χ0v) is 26.6. The van der Waals surface area contributed by atoms with Crippen LogP contribution in [0.25, 0.3) is 22.2 Å². The van der Waals surface area contributed by atoms with Crippen LogP contribution in [-0.4, -0.2) is 83.7 Å². The van der Waals surface area contributed by atoms with Crippen molar-refractivity contribution in [2.45, 2.75) is 33.2 Å². The maximum atomic E-state index is 14.4. The highest BCUT2D eigenvalue weighted by Crippen LogP contribution is 2.49. The van der Waals surface area contributed by atoms with Crippen LogP contribution in [0.5, 0.6) is 11.5 Å². The number of anilines is 1. The summed E-state index contributed by atoms with van der Waals surface area (Å²) in [6.45, 7) is 12.3. The summed E-state index contributed by atoms with van der Waals surface area (Å²) >= 11 is 13.7. The number of fused-ring (bicyclic) bond motifs is 1. The lowest BCUT2D eigenvalue weighted by Crippen LogP contribution is -2.50. The number of piperazine rings is 1. The molecule has 3 heterocycles. The van der Waals surface area contributed by atoms with Crippen molar-refractivity contribution in [3.8, 4) is 22.6 Å². The van der Waals surface area contributed by atoms with E-state index in [1.54, 1.807) is 29.9 Å². The van der Waals surface area contributed by atoms with E-state index in [-0.39, 0.29) is 32.8 Å². The summed E-state index contributed by atoms with van der Waals surface area (Å²) in [5, 5.41) is 4.13. The summed E-state index contributed by atoms with van der Waals surface area (Å²) in [6, 6.07) is 3.39. The quantitative estimate of drug-likeness (QED) is 0.297. The number of nitrogens with zero attached hydrogens (tertiary/aromatic N) is 5. The molecule has 5 rings (SSSR count). The standard InChI is InChI=1S/C31H38Cl2N6O4/c1-6-24(40)38-11-9-37(10-12-38)17-31(7-8-31)18-39-28-20(15-35-30(34-4)36-28)13-21(29(39)41)25-26(32)22(42-5)14-23(27(25)33)43-16-19(2)3/h6,13-15,19H,1,7-12,16-18H2,2-5H3,(H,34,35,36). The minimum Gasteiger partial charge on any atom is -0.495 e. The molecule has 2 fully saturated rings. The van der Waals surface area contributed by atoms with Gasteiger partial charge in [0.25, 0.3) is 5.56 Å². The van der Waals surface area contributed by atoms with Crippen LogP contribution in [0.4, 0.5) is 5.95 Å². The number of aromatic nitrogens is 3. The Bertz CT molecular complexity index is 1600. The molecule has 1 aliphatic heterocycles. The highest BCUT2D eigenvalue weighted by Gasteiger charge is 2.45. The van der Waals surface area contributed by atoms with E-state index in [1.165, 1.54) is 13.2 Å². The van der Waals surface area contributed by atoms with Crippen LogP contribution in [0.1, 0.15) is 26.7 Å². The molecular weight excluding hydrogens is 591 g/mol. The summed E-state index contributed by atoms with van der Waals surface area (Å²) in [7, 11) is 3.26. The minimum absolute atomic E-state index is 0.0386. The van der Waals surface area contributed by atoms with Crippen LogP contribution in [0.3, 0.4) is 0 Å². The van der Waals surface area contributed by atoms with Gasteiger partial charge in [0.05, 0.1) is 29.3 Å². The summed E-state index contributed by atoms with van der Waals surface area (Å²) < 4.78 is 13.3. The number of benzene rings is 1. The SMILES string of the molecule is C=CC(=O)N1CCN(CC2(Cn3c(=O)c(-c4c(Cl)c(OC)cc(OCC(C)C)c4Cl)cc4cnc(NC)nc43)CC2)CC1. The Hall–Kier alpha value is -3.34. The average molecular weight is 630 g/mol. The first kappa shape index (κ1) is 31.1. The smallest absolute Gasteiger partial charge is 0.260 e. The second-order valence-corrected chi connectivity index (χ2v) is 12.5. The summed E-state index contributed by atoms with van der Waals surface area (Å²) in [6.07, 6.45) is 5.02. The molecule has 1 saturated heterocycles. The van der Waals surface area contributed by atoms with Gasteiger partial charge in [-0.1, -0.05) is 43.6 Å². The minimum atomic E-state index is -0.257. The molecule has 0 radical (unpaired) electrons. The second-order valence-electron chi connectivity index (χ2n) is 11.8. The van der Waals surface area contributed by atoms with Crippen LogP contribution in [-0.2, 0) is 11.3 Å². The topological polar surface area (TPSA) is 102 Å². The van der Waals surface area contributed by atoms with Crippen molar-refractivity contribution in [3.05, 3.63) is 51.4 Å². The first-order valence-corrected chi connectivity index (χ1v) is 15.3. The van der Waals surface area contributed by atoms with Crippen LogP contribution in [0, 0.1) is 11.3 Å². The van der Waals surface area contributed by atoms with Crippen LogP contribution < -0.4 is 20.3 Å². The molecule has 1 saturated carbocycles. The molecule has 0 atom stereocenters. The summed E-state index contributed by atoms with van der Waals surface area (Å²) in [5.74, 6) is 1.40. The van der Waals surface area contributed by atoms with Gasteiger partial charge in [-0.3, -0.25) is 19.1 Å². The normalized spacial score (nSPS) is 16.4. The van der Waals surface area contributed by atoms with Crippen molar-refractivity contribution in [2.24, 2.45) is 11.3 Å². The first-order valence-electron chi connectivity index (χ1n) is 14.5. The van der Waals surface area contributed by atoms with Gasteiger partial charge in [0.1, 0.15) is 17.1 Å². The largest absolute Gasteiger partial charge is 0.495 e. The summed E-state index contributed by atoms with van der Waals surface area (Å²) in [4.78, 5) is 39.8. The van der Waals surface area contributed by atoms with Gasteiger partial charge < -0.3 is 19.7 Å². The van der Waals surface area contributed by atoms with E-state index in [2.05, 4.69) is 26.8 Å². The van der Waals surface area contributed by atoms with Gasteiger partial charge in [0.2, 0.25) is 11.9 Å². The number of halogens is 2. The van der Waals surface area contributed by atoms with E-state index in [9.17, 15) is 9.59 Å². The van der Waals surface area contributed by atoms with Gasteiger partial charge in [-0.05, 0) is 30.9 Å². The van der Waals surface area contributed by atoms with E-state index >= 15 is 0 Å². The number of hydrogen-bond donors (Lipinski definition) is 1. The fourth-order valence-electron chi connectivity index (χ4n) is 5.55. The van der Waals surface area contributed by atoms with Crippen molar-refractivity contribution < 1.29 is 14.3 Å². The highest BCUT2D eigenvalue weighted by molar-refractivity contribution is 6.41. The molecule has 0 unspecified atom stereocenters. The third-order valence-electron chi connectivity index (χ3n) is 8.11.